The van der Waals surface area contributed by atoms with Crippen LogP contribution in [0.2, 0.25) is 10.0 Å². The molecule has 1 aromatic heterocycles. The van der Waals surface area contributed by atoms with Gasteiger partial charge in [0.05, 0.1) is 15.7 Å². The van der Waals surface area contributed by atoms with Gasteiger partial charge in [-0.1, -0.05) is 46.1 Å². The highest BCUT2D eigenvalue weighted by Crippen LogP contribution is 2.20. The van der Waals surface area contributed by atoms with Crippen LogP contribution < -0.4 is 0 Å². The average molecular weight is 269 g/mol. The average Bonchev–Trinajstić information content (AvgIpc) is 1.94. The van der Waals surface area contributed by atoms with Crippen LogP contribution in [0.4, 0.5) is 0 Å². The summed E-state index contributed by atoms with van der Waals surface area (Å²) < 4.78 is 0. The molecule has 1 nitrogen and oxygen atoms in total. The van der Waals surface area contributed by atoms with Crippen LogP contribution in [0.25, 0.3) is 0 Å². The third-order valence-corrected chi connectivity index (χ3v) is 2.22. The van der Waals surface area contributed by atoms with E-state index in [2.05, 4.69) is 20.9 Å². The number of hydrogen-bond acceptors (Lipinski definition) is 1. The first-order valence-electron chi connectivity index (χ1n) is 3.53. The van der Waals surface area contributed by atoms with E-state index in [0.29, 0.717) is 14.9 Å². The SMILES string of the molecule is CC(Br)Cc1ncc(Cl)cc1Cl. The van der Waals surface area contributed by atoms with Crippen molar-refractivity contribution in [1.82, 2.24) is 4.98 Å². The highest BCUT2D eigenvalue weighted by molar-refractivity contribution is 9.09. The van der Waals surface area contributed by atoms with Gasteiger partial charge in [0.15, 0.2) is 0 Å². The van der Waals surface area contributed by atoms with Gasteiger partial charge in [-0.25, -0.2) is 0 Å². The molecule has 0 N–H and O–H groups in total. The number of hydrogen-bond donors (Lipinski definition) is 0. The maximum atomic E-state index is 5.91. The Morgan fingerprint density at radius 3 is 2.75 bits per heavy atom. The second kappa shape index (κ2) is 4.45. The van der Waals surface area contributed by atoms with E-state index in [1.165, 1.54) is 0 Å². The summed E-state index contributed by atoms with van der Waals surface area (Å²) in [5.74, 6) is 0. The van der Waals surface area contributed by atoms with Crippen molar-refractivity contribution in [2.45, 2.75) is 18.2 Å². The van der Waals surface area contributed by atoms with Crippen molar-refractivity contribution in [3.05, 3.63) is 28.0 Å². The molecule has 0 aliphatic rings. The Hall–Kier alpha value is 0.210. The largest absolute Gasteiger partial charge is 0.258 e. The molecule has 1 rings (SSSR count). The smallest absolute Gasteiger partial charge is 0.0636 e. The molecular formula is C8H8BrCl2N. The van der Waals surface area contributed by atoms with Crippen molar-refractivity contribution in [3.63, 3.8) is 0 Å². The van der Waals surface area contributed by atoms with Gasteiger partial charge in [0, 0.05) is 17.4 Å². The van der Waals surface area contributed by atoms with E-state index in [9.17, 15) is 0 Å². The number of aromatic nitrogens is 1. The molecule has 12 heavy (non-hydrogen) atoms. The Balaban J connectivity index is 2.86. The zero-order valence-electron chi connectivity index (χ0n) is 6.52. The monoisotopic (exact) mass is 267 g/mol. The Kier molecular flexibility index (Phi) is 3.81. The Labute approximate surface area is 90.2 Å². The van der Waals surface area contributed by atoms with Crippen LogP contribution in [0.5, 0.6) is 0 Å². The summed E-state index contributed by atoms with van der Waals surface area (Å²) in [6.45, 7) is 2.05. The molecule has 4 heteroatoms. The summed E-state index contributed by atoms with van der Waals surface area (Å²) in [7, 11) is 0. The van der Waals surface area contributed by atoms with Crippen molar-refractivity contribution in [3.8, 4) is 0 Å². The van der Waals surface area contributed by atoms with Gasteiger partial charge in [0.2, 0.25) is 0 Å². The molecule has 0 bridgehead atoms. The molecule has 1 aromatic rings. The van der Waals surface area contributed by atoms with Gasteiger partial charge in [0.1, 0.15) is 0 Å². The van der Waals surface area contributed by atoms with Crippen LogP contribution >= 0.6 is 39.1 Å². The molecule has 0 aliphatic heterocycles. The maximum Gasteiger partial charge on any atom is 0.0636 e. The van der Waals surface area contributed by atoms with Gasteiger partial charge in [-0.2, -0.15) is 0 Å². The fourth-order valence-electron chi connectivity index (χ4n) is 0.860. The lowest BCUT2D eigenvalue weighted by Crippen LogP contribution is -1.99. The first-order valence-corrected chi connectivity index (χ1v) is 5.20. The van der Waals surface area contributed by atoms with Crippen molar-refractivity contribution in [2.75, 3.05) is 0 Å². The first kappa shape index (κ1) is 10.3. The van der Waals surface area contributed by atoms with Crippen molar-refractivity contribution in [2.24, 2.45) is 0 Å². The van der Waals surface area contributed by atoms with E-state index in [1.807, 2.05) is 6.92 Å². The molecular weight excluding hydrogens is 261 g/mol. The standard InChI is InChI=1S/C8H8BrCl2N/c1-5(9)2-8-7(11)3-6(10)4-12-8/h3-5H,2H2,1H3. The number of rotatable bonds is 2. The second-order valence-corrected chi connectivity index (χ2v) is 4.97. The van der Waals surface area contributed by atoms with E-state index < -0.39 is 0 Å². The molecule has 1 atom stereocenters. The summed E-state index contributed by atoms with van der Waals surface area (Å²) in [6.07, 6.45) is 2.42. The van der Waals surface area contributed by atoms with Crippen molar-refractivity contribution < 1.29 is 0 Å². The van der Waals surface area contributed by atoms with Crippen molar-refractivity contribution >= 4 is 39.1 Å². The molecule has 0 saturated heterocycles. The second-order valence-electron chi connectivity index (χ2n) is 2.57. The summed E-state index contributed by atoms with van der Waals surface area (Å²) >= 11 is 15.0. The maximum absolute atomic E-state index is 5.91. The molecule has 1 unspecified atom stereocenters. The van der Waals surface area contributed by atoms with Gasteiger partial charge in [-0.15, -0.1) is 0 Å². The van der Waals surface area contributed by atoms with Crippen LogP contribution in [0.1, 0.15) is 12.6 Å². The minimum atomic E-state index is 0.378. The highest BCUT2D eigenvalue weighted by atomic mass is 79.9. The van der Waals surface area contributed by atoms with Gasteiger partial charge in [-0.05, 0) is 6.07 Å². The quantitative estimate of drug-likeness (QED) is 0.745. The fourth-order valence-corrected chi connectivity index (χ4v) is 1.62. The molecule has 0 aromatic carbocycles. The molecule has 0 radical (unpaired) electrons. The zero-order valence-corrected chi connectivity index (χ0v) is 9.62. The van der Waals surface area contributed by atoms with Crippen LogP contribution in [0.3, 0.4) is 0 Å². The third kappa shape index (κ3) is 2.92. The molecule has 1 heterocycles. The predicted molar refractivity (Wildman–Crippen MR) is 56.4 cm³/mol. The van der Waals surface area contributed by atoms with E-state index in [0.717, 1.165) is 12.1 Å². The summed E-state index contributed by atoms with van der Waals surface area (Å²) in [4.78, 5) is 4.50. The Morgan fingerprint density at radius 2 is 2.25 bits per heavy atom. The van der Waals surface area contributed by atoms with Crippen LogP contribution in [0.15, 0.2) is 12.3 Å². The van der Waals surface area contributed by atoms with E-state index >= 15 is 0 Å². The van der Waals surface area contributed by atoms with E-state index in [-0.39, 0.29) is 0 Å². The van der Waals surface area contributed by atoms with Crippen molar-refractivity contribution in [1.29, 1.82) is 0 Å². The predicted octanol–water partition coefficient (Wildman–Crippen LogP) is 3.71. The Morgan fingerprint density at radius 1 is 1.58 bits per heavy atom. The third-order valence-electron chi connectivity index (χ3n) is 1.36. The van der Waals surface area contributed by atoms with Gasteiger partial charge in [0.25, 0.3) is 0 Å². The molecule has 0 spiro atoms. The minimum Gasteiger partial charge on any atom is -0.258 e. The number of nitrogens with zero attached hydrogens (tertiary/aromatic N) is 1. The molecule has 0 amide bonds. The lowest BCUT2D eigenvalue weighted by atomic mass is 10.2. The zero-order chi connectivity index (χ0) is 9.14. The lowest BCUT2D eigenvalue weighted by Gasteiger charge is -2.04. The summed E-state index contributed by atoms with van der Waals surface area (Å²) in [5.41, 5.74) is 0.880. The molecule has 66 valence electrons. The van der Waals surface area contributed by atoms with Gasteiger partial charge < -0.3 is 0 Å². The molecule has 0 saturated carbocycles. The van der Waals surface area contributed by atoms with Crippen LogP contribution in [0, 0.1) is 0 Å². The van der Waals surface area contributed by atoms with Gasteiger partial charge >= 0.3 is 0 Å². The van der Waals surface area contributed by atoms with E-state index in [1.54, 1.807) is 12.3 Å². The van der Waals surface area contributed by atoms with E-state index in [4.69, 9.17) is 23.2 Å². The minimum absolute atomic E-state index is 0.378. The lowest BCUT2D eigenvalue weighted by molar-refractivity contribution is 0.914. The number of halogens is 3. The van der Waals surface area contributed by atoms with Crippen LogP contribution in [-0.4, -0.2) is 9.81 Å². The topological polar surface area (TPSA) is 12.9 Å². The van der Waals surface area contributed by atoms with Crippen LogP contribution in [-0.2, 0) is 6.42 Å². The first-order chi connectivity index (χ1) is 5.59. The Bertz CT molecular complexity index is 276. The highest BCUT2D eigenvalue weighted by Gasteiger charge is 2.05. The molecule has 0 aliphatic carbocycles. The summed E-state index contributed by atoms with van der Waals surface area (Å²) in [5, 5.41) is 1.21. The number of alkyl halides is 1. The fraction of sp³-hybridized carbons (Fsp3) is 0.375. The summed E-state index contributed by atoms with van der Waals surface area (Å²) in [6, 6.07) is 1.71. The number of pyridine rings is 1. The molecule has 0 fully saturated rings. The van der Waals surface area contributed by atoms with Gasteiger partial charge in [-0.3, -0.25) is 4.98 Å². The normalized spacial score (nSPS) is 13.0.